The number of para-hydroxylation sites is 3. The highest BCUT2D eigenvalue weighted by molar-refractivity contribution is 5.95. The van der Waals surface area contributed by atoms with Gasteiger partial charge < -0.3 is 14.8 Å². The van der Waals surface area contributed by atoms with Crippen LogP contribution in [0.2, 0.25) is 0 Å². The zero-order valence-electron chi connectivity index (χ0n) is 17.0. The van der Waals surface area contributed by atoms with Gasteiger partial charge in [0.2, 0.25) is 11.8 Å². The van der Waals surface area contributed by atoms with Crippen LogP contribution >= 0.6 is 0 Å². The molecule has 2 aromatic carbocycles. The summed E-state index contributed by atoms with van der Waals surface area (Å²) in [5.74, 6) is 0.761. The molecule has 1 N–H and O–H groups in total. The molecule has 30 heavy (non-hydrogen) atoms. The molecule has 1 aliphatic heterocycles. The number of nitrogens with one attached hydrogen (secondary N) is 1. The second-order valence-corrected chi connectivity index (χ2v) is 7.48. The number of hydrogen-bond acceptors (Lipinski definition) is 3. The van der Waals surface area contributed by atoms with E-state index in [2.05, 4.69) is 18.0 Å². The first kappa shape index (κ1) is 19.9. The molecule has 6 heteroatoms. The zero-order valence-corrected chi connectivity index (χ0v) is 17.0. The first-order valence-corrected chi connectivity index (χ1v) is 10.4. The highest BCUT2D eigenvalue weighted by Crippen LogP contribution is 2.27. The van der Waals surface area contributed by atoms with Crippen molar-refractivity contribution < 1.29 is 9.59 Å². The number of imidazole rings is 1. The predicted molar refractivity (Wildman–Crippen MR) is 118 cm³/mol. The summed E-state index contributed by atoms with van der Waals surface area (Å²) in [4.78, 5) is 31.3. The van der Waals surface area contributed by atoms with Crippen molar-refractivity contribution in [3.8, 4) is 0 Å². The van der Waals surface area contributed by atoms with Gasteiger partial charge in [-0.2, -0.15) is 0 Å². The second-order valence-electron chi connectivity index (χ2n) is 7.48. The molecule has 2 amide bonds. The van der Waals surface area contributed by atoms with E-state index in [1.807, 2.05) is 51.9 Å². The molecule has 154 valence electrons. The molecule has 0 saturated carbocycles. The van der Waals surface area contributed by atoms with Crippen LogP contribution in [0, 0.1) is 0 Å². The number of hydrogen-bond donors (Lipinski definition) is 1. The van der Waals surface area contributed by atoms with E-state index in [0.717, 1.165) is 48.4 Å². The zero-order chi connectivity index (χ0) is 20.9. The van der Waals surface area contributed by atoms with Gasteiger partial charge in [-0.15, -0.1) is 0 Å². The smallest absolute Gasteiger partial charge is 0.246 e. The maximum atomic E-state index is 13.3. The van der Waals surface area contributed by atoms with Crippen LogP contribution in [-0.4, -0.2) is 34.5 Å². The van der Waals surface area contributed by atoms with Gasteiger partial charge in [0.25, 0.3) is 0 Å². The topological polar surface area (TPSA) is 67.2 Å². The molecule has 1 aromatic heterocycles. The van der Waals surface area contributed by atoms with E-state index in [1.165, 1.54) is 11.6 Å². The fraction of sp³-hybridized carbons (Fsp3) is 0.292. The lowest BCUT2D eigenvalue weighted by Gasteiger charge is -2.29. The van der Waals surface area contributed by atoms with E-state index in [1.54, 1.807) is 0 Å². The summed E-state index contributed by atoms with van der Waals surface area (Å²) in [6.07, 6.45) is 4.67. The van der Waals surface area contributed by atoms with Crippen molar-refractivity contribution >= 4 is 28.5 Å². The molecule has 0 spiro atoms. The molecular formula is C24H26N4O2. The Morgan fingerprint density at radius 2 is 1.93 bits per heavy atom. The molecule has 4 rings (SSSR count). The summed E-state index contributed by atoms with van der Waals surface area (Å²) in [5, 5.41) is 2.79. The molecular weight excluding hydrogens is 376 g/mol. The Morgan fingerprint density at radius 1 is 1.13 bits per heavy atom. The van der Waals surface area contributed by atoms with Gasteiger partial charge in [-0.05, 0) is 49.1 Å². The average Bonchev–Trinajstić information content (AvgIpc) is 3.13. The molecule has 3 aromatic rings. The minimum atomic E-state index is -0.178. The van der Waals surface area contributed by atoms with Crippen LogP contribution in [-0.2, 0) is 29.0 Å². The van der Waals surface area contributed by atoms with Crippen molar-refractivity contribution in [1.29, 1.82) is 0 Å². The lowest BCUT2D eigenvalue weighted by Crippen LogP contribution is -2.38. The normalized spacial score (nSPS) is 13.1. The highest BCUT2D eigenvalue weighted by atomic mass is 16.2. The minimum absolute atomic E-state index is 0.0755. The summed E-state index contributed by atoms with van der Waals surface area (Å²) in [5.41, 5.74) is 4.09. The Bertz CT molecular complexity index is 1090. The quantitative estimate of drug-likeness (QED) is 0.487. The number of amides is 2. The fourth-order valence-corrected chi connectivity index (χ4v) is 4.04. The Kier molecular flexibility index (Phi) is 5.93. The molecule has 0 aliphatic carbocycles. The van der Waals surface area contributed by atoms with Crippen LogP contribution in [0.1, 0.15) is 24.2 Å². The molecule has 1 aliphatic rings. The summed E-state index contributed by atoms with van der Waals surface area (Å²) >= 11 is 0. The molecule has 0 atom stereocenters. The fourth-order valence-electron chi connectivity index (χ4n) is 4.04. The first-order valence-electron chi connectivity index (χ1n) is 10.4. The van der Waals surface area contributed by atoms with E-state index in [-0.39, 0.29) is 18.4 Å². The summed E-state index contributed by atoms with van der Waals surface area (Å²) in [6.45, 7) is 5.00. The number of carbonyl (C=O) groups is 2. The minimum Gasteiger partial charge on any atom is -0.353 e. The molecule has 0 unspecified atom stereocenters. The van der Waals surface area contributed by atoms with Crippen molar-refractivity contribution in [1.82, 2.24) is 14.9 Å². The number of carbonyl (C=O) groups excluding carboxylic acids is 2. The molecule has 0 saturated heterocycles. The van der Waals surface area contributed by atoms with Gasteiger partial charge in [-0.1, -0.05) is 36.9 Å². The van der Waals surface area contributed by atoms with E-state index >= 15 is 0 Å². The first-order chi connectivity index (χ1) is 14.7. The number of benzene rings is 2. The molecule has 0 radical (unpaired) electrons. The molecule has 0 fully saturated rings. The van der Waals surface area contributed by atoms with Gasteiger partial charge in [-0.25, -0.2) is 4.98 Å². The number of nitrogens with zero attached hydrogens (tertiary/aromatic N) is 3. The Labute approximate surface area is 176 Å². The van der Waals surface area contributed by atoms with Crippen molar-refractivity contribution in [2.24, 2.45) is 0 Å². The molecule has 2 heterocycles. The van der Waals surface area contributed by atoms with Crippen molar-refractivity contribution in [3.63, 3.8) is 0 Å². The van der Waals surface area contributed by atoms with Gasteiger partial charge in [0.1, 0.15) is 12.4 Å². The van der Waals surface area contributed by atoms with E-state index in [9.17, 15) is 9.59 Å². The molecule has 0 bridgehead atoms. The lowest BCUT2D eigenvalue weighted by molar-refractivity contribution is -0.119. The SMILES string of the molecule is C=CC(=O)NCCCc1nc2ccccc2n1CC(=O)N1CCCc2ccccc21. The van der Waals surface area contributed by atoms with Crippen molar-refractivity contribution in [3.05, 3.63) is 72.6 Å². The summed E-state index contributed by atoms with van der Waals surface area (Å²) in [6, 6.07) is 16.0. The summed E-state index contributed by atoms with van der Waals surface area (Å²) < 4.78 is 2.02. The number of rotatable bonds is 7. The largest absolute Gasteiger partial charge is 0.353 e. The second kappa shape index (κ2) is 8.95. The maximum absolute atomic E-state index is 13.3. The van der Waals surface area contributed by atoms with Crippen molar-refractivity contribution in [2.45, 2.75) is 32.2 Å². The standard InChI is InChI=1S/C24H26N4O2/c1-2-23(29)25-15-7-14-22-26-19-11-4-6-13-21(19)28(22)17-24(30)27-16-8-10-18-9-3-5-12-20(18)27/h2-6,9,11-13H,1,7-8,10,14-17H2,(H,25,29). The van der Waals surface area contributed by atoms with Crippen LogP contribution in [0.3, 0.4) is 0 Å². The lowest BCUT2D eigenvalue weighted by atomic mass is 10.0. The van der Waals surface area contributed by atoms with Gasteiger partial charge >= 0.3 is 0 Å². The van der Waals surface area contributed by atoms with Crippen molar-refractivity contribution in [2.75, 3.05) is 18.0 Å². The van der Waals surface area contributed by atoms with Gasteiger partial charge in [0.05, 0.1) is 11.0 Å². The monoisotopic (exact) mass is 402 g/mol. The molecule has 6 nitrogen and oxygen atoms in total. The Morgan fingerprint density at radius 3 is 2.80 bits per heavy atom. The van der Waals surface area contributed by atoms with Crippen LogP contribution in [0.4, 0.5) is 5.69 Å². The third-order valence-electron chi connectivity index (χ3n) is 5.50. The Hall–Kier alpha value is -3.41. The van der Waals surface area contributed by atoms with Gasteiger partial charge in [0.15, 0.2) is 0 Å². The summed E-state index contributed by atoms with van der Waals surface area (Å²) in [7, 11) is 0. The van der Waals surface area contributed by atoms with Crippen LogP contribution < -0.4 is 10.2 Å². The van der Waals surface area contributed by atoms with Crippen LogP contribution in [0.5, 0.6) is 0 Å². The predicted octanol–water partition coefficient (Wildman–Crippen LogP) is 3.25. The maximum Gasteiger partial charge on any atom is 0.246 e. The number of aromatic nitrogens is 2. The average molecular weight is 402 g/mol. The van der Waals surface area contributed by atoms with Crippen LogP contribution in [0.25, 0.3) is 11.0 Å². The van der Waals surface area contributed by atoms with E-state index in [4.69, 9.17) is 4.98 Å². The van der Waals surface area contributed by atoms with Gasteiger partial charge in [-0.3, -0.25) is 9.59 Å². The highest BCUT2D eigenvalue weighted by Gasteiger charge is 2.23. The van der Waals surface area contributed by atoms with E-state index < -0.39 is 0 Å². The van der Waals surface area contributed by atoms with E-state index in [0.29, 0.717) is 13.0 Å². The van der Waals surface area contributed by atoms with Crippen LogP contribution in [0.15, 0.2) is 61.2 Å². The third kappa shape index (κ3) is 4.13. The Balaban J connectivity index is 1.55. The van der Waals surface area contributed by atoms with Gasteiger partial charge in [0, 0.05) is 25.2 Å². The number of anilines is 1. The number of fused-ring (bicyclic) bond motifs is 2. The number of aryl methyl sites for hydroxylation is 2. The third-order valence-corrected chi connectivity index (χ3v) is 5.50.